The van der Waals surface area contributed by atoms with Crippen LogP contribution in [0, 0.1) is 11.8 Å². The van der Waals surface area contributed by atoms with E-state index in [1.165, 1.54) is 14.0 Å². The fourth-order valence-corrected chi connectivity index (χ4v) is 4.28. The maximum Gasteiger partial charge on any atom is 0.437 e. The molecule has 3 unspecified atom stereocenters. The van der Waals surface area contributed by atoms with Crippen molar-refractivity contribution < 1.29 is 33.4 Å². The van der Waals surface area contributed by atoms with Crippen molar-refractivity contribution in [2.24, 2.45) is 16.8 Å². The van der Waals surface area contributed by atoms with Gasteiger partial charge in [0.15, 0.2) is 0 Å². The van der Waals surface area contributed by atoms with Gasteiger partial charge in [-0.15, -0.1) is 4.99 Å². The molecule has 1 aliphatic heterocycles. The third-order valence-electron chi connectivity index (χ3n) is 5.69. The molecule has 2 N–H and O–H groups in total. The van der Waals surface area contributed by atoms with Gasteiger partial charge in [-0.1, -0.05) is 26.7 Å². The average Bonchev–Trinajstić information content (AvgIpc) is 3.15. The van der Waals surface area contributed by atoms with Gasteiger partial charge in [0.1, 0.15) is 11.2 Å². The molecule has 206 valence electrons. The second kappa shape index (κ2) is 12.9. The van der Waals surface area contributed by atoms with Crippen LogP contribution in [0.15, 0.2) is 4.99 Å². The second-order valence-corrected chi connectivity index (χ2v) is 11.0. The highest BCUT2D eigenvalue weighted by Gasteiger charge is 2.45. The van der Waals surface area contributed by atoms with Crippen molar-refractivity contribution in [2.45, 2.75) is 105 Å². The molecule has 1 fully saturated rings. The van der Waals surface area contributed by atoms with Crippen molar-refractivity contribution in [3.05, 3.63) is 0 Å². The summed E-state index contributed by atoms with van der Waals surface area (Å²) in [7, 11) is 1.31. The lowest BCUT2D eigenvalue weighted by molar-refractivity contribution is -0.144. The Labute approximate surface area is 214 Å². The highest BCUT2D eigenvalue weighted by atomic mass is 16.6. The number of hydrogen-bond acceptors (Lipinski definition) is 7. The number of ether oxygens (including phenoxy) is 3. The lowest BCUT2D eigenvalue weighted by atomic mass is 9.86. The summed E-state index contributed by atoms with van der Waals surface area (Å²) in [6.07, 6.45) is 0.146. The van der Waals surface area contributed by atoms with Crippen molar-refractivity contribution in [1.29, 1.82) is 0 Å². The van der Waals surface area contributed by atoms with Gasteiger partial charge in [0, 0.05) is 13.5 Å². The summed E-state index contributed by atoms with van der Waals surface area (Å²) in [5, 5.41) is 5.59. The Bertz CT molecular complexity index is 825. The number of carbonyl (C=O) groups is 4. The normalized spacial score (nSPS) is 19.5. The van der Waals surface area contributed by atoms with Gasteiger partial charge in [0.2, 0.25) is 11.9 Å². The zero-order chi connectivity index (χ0) is 27.8. The first-order chi connectivity index (χ1) is 16.5. The summed E-state index contributed by atoms with van der Waals surface area (Å²) >= 11 is 0. The van der Waals surface area contributed by atoms with Gasteiger partial charge in [-0.2, -0.15) is 0 Å². The van der Waals surface area contributed by atoms with Gasteiger partial charge in [-0.25, -0.2) is 9.59 Å². The predicted molar refractivity (Wildman–Crippen MR) is 135 cm³/mol. The maximum atomic E-state index is 12.7. The molecule has 0 aromatic carbocycles. The Morgan fingerprint density at radius 3 is 2.00 bits per heavy atom. The number of rotatable bonds is 6. The van der Waals surface area contributed by atoms with Gasteiger partial charge in [0.25, 0.3) is 0 Å². The number of nitrogens with zero attached hydrogens (tertiary/aromatic N) is 2. The predicted octanol–water partition coefficient (Wildman–Crippen LogP) is 3.61. The van der Waals surface area contributed by atoms with Crippen molar-refractivity contribution in [2.75, 3.05) is 13.7 Å². The van der Waals surface area contributed by atoms with E-state index in [4.69, 9.17) is 14.2 Å². The minimum absolute atomic E-state index is 0.0714. The smallest absolute Gasteiger partial charge is 0.437 e. The fourth-order valence-electron chi connectivity index (χ4n) is 4.28. The topological polar surface area (TPSA) is 136 Å². The van der Waals surface area contributed by atoms with E-state index in [2.05, 4.69) is 15.6 Å². The van der Waals surface area contributed by atoms with Crippen molar-refractivity contribution in [3.8, 4) is 0 Å². The Kier molecular flexibility index (Phi) is 11.2. The molecule has 0 spiro atoms. The third kappa shape index (κ3) is 10.0. The quantitative estimate of drug-likeness (QED) is 0.238. The highest BCUT2D eigenvalue weighted by molar-refractivity contribution is 5.99. The number of likely N-dealkylation sites (tertiary alicyclic amines) is 1. The number of esters is 1. The van der Waals surface area contributed by atoms with Crippen molar-refractivity contribution in [1.82, 2.24) is 15.5 Å². The Morgan fingerprint density at radius 1 is 1.00 bits per heavy atom. The van der Waals surface area contributed by atoms with Gasteiger partial charge in [0.05, 0.1) is 25.1 Å². The third-order valence-corrected chi connectivity index (χ3v) is 5.69. The molecule has 1 aliphatic rings. The molecule has 1 saturated heterocycles. The van der Waals surface area contributed by atoms with E-state index in [-0.39, 0.29) is 30.4 Å². The van der Waals surface area contributed by atoms with E-state index in [9.17, 15) is 19.2 Å². The standard InChI is InChI=1S/C25H44N4O7/c1-11-16(12-2)19(26-15(3)30)18-13-17(20(31)34-10)14-29(18)21(27-22(32)35-24(4,5)6)28-23(33)36-25(7,8)9/h16-19H,11-14H2,1-10H3,(H,26,30)(H,27,28,32,33). The monoisotopic (exact) mass is 512 g/mol. The van der Waals surface area contributed by atoms with Crippen LogP contribution in [0.2, 0.25) is 0 Å². The molecule has 0 bridgehead atoms. The van der Waals surface area contributed by atoms with Crippen LogP contribution < -0.4 is 10.6 Å². The minimum Gasteiger partial charge on any atom is -0.469 e. The van der Waals surface area contributed by atoms with Crippen LogP contribution in [-0.4, -0.2) is 71.9 Å². The minimum atomic E-state index is -0.910. The molecule has 0 saturated carbocycles. The first kappa shape index (κ1) is 31.2. The molecule has 0 aromatic heterocycles. The first-order valence-electron chi connectivity index (χ1n) is 12.4. The molecule has 3 atom stereocenters. The highest BCUT2D eigenvalue weighted by Crippen LogP contribution is 2.31. The lowest BCUT2D eigenvalue weighted by Gasteiger charge is -2.37. The van der Waals surface area contributed by atoms with Crippen molar-refractivity contribution in [3.63, 3.8) is 0 Å². The molecule has 1 rings (SSSR count). The molecule has 0 aromatic rings. The number of aliphatic imine (C=N–C) groups is 1. The number of alkyl carbamates (subject to hydrolysis) is 1. The van der Waals surface area contributed by atoms with E-state index in [0.29, 0.717) is 6.42 Å². The van der Waals surface area contributed by atoms with Gasteiger partial charge in [-0.3, -0.25) is 14.9 Å². The van der Waals surface area contributed by atoms with E-state index in [1.807, 2.05) is 13.8 Å². The Hall–Kier alpha value is -2.85. The summed E-state index contributed by atoms with van der Waals surface area (Å²) in [4.78, 5) is 55.8. The average molecular weight is 513 g/mol. The number of methoxy groups -OCH3 is 1. The first-order valence-corrected chi connectivity index (χ1v) is 12.4. The molecule has 11 nitrogen and oxygen atoms in total. The zero-order valence-corrected chi connectivity index (χ0v) is 23.4. The molecule has 36 heavy (non-hydrogen) atoms. The van der Waals surface area contributed by atoms with E-state index < -0.39 is 41.3 Å². The summed E-state index contributed by atoms with van der Waals surface area (Å²) in [6, 6.07) is -0.838. The van der Waals surface area contributed by atoms with Crippen LogP contribution in [0.25, 0.3) is 0 Å². The number of carbonyl (C=O) groups excluding carboxylic acids is 4. The largest absolute Gasteiger partial charge is 0.469 e. The van der Waals surface area contributed by atoms with E-state index in [0.717, 1.165) is 12.8 Å². The summed E-state index contributed by atoms with van der Waals surface area (Å²) in [6.45, 7) is 15.8. The Morgan fingerprint density at radius 2 is 1.56 bits per heavy atom. The molecule has 11 heteroatoms. The van der Waals surface area contributed by atoms with E-state index in [1.54, 1.807) is 46.4 Å². The molecule has 1 heterocycles. The van der Waals surface area contributed by atoms with Crippen LogP contribution in [0.3, 0.4) is 0 Å². The van der Waals surface area contributed by atoms with Crippen LogP contribution in [0.1, 0.15) is 81.6 Å². The number of hydrogen-bond donors (Lipinski definition) is 2. The molecule has 0 radical (unpaired) electrons. The van der Waals surface area contributed by atoms with Gasteiger partial charge < -0.3 is 24.4 Å². The Balaban J connectivity index is 3.57. The summed E-state index contributed by atoms with van der Waals surface area (Å²) < 4.78 is 15.7. The van der Waals surface area contributed by atoms with Crippen LogP contribution in [0.4, 0.5) is 9.59 Å². The second-order valence-electron chi connectivity index (χ2n) is 11.0. The van der Waals surface area contributed by atoms with Crippen LogP contribution in [0.5, 0.6) is 0 Å². The lowest BCUT2D eigenvalue weighted by Crippen LogP contribution is -2.57. The molecule has 3 amide bonds. The number of amides is 3. The van der Waals surface area contributed by atoms with Gasteiger partial charge >= 0.3 is 18.2 Å². The SMILES string of the molecule is CCC(CC)C(NC(C)=O)C1CC(C(=O)OC)CN1/C(=N/C(=O)OC(C)(C)C)NC(=O)OC(C)(C)C. The molecular weight excluding hydrogens is 468 g/mol. The van der Waals surface area contributed by atoms with Crippen LogP contribution in [-0.2, 0) is 23.8 Å². The van der Waals surface area contributed by atoms with Crippen molar-refractivity contribution >= 4 is 30.0 Å². The van der Waals surface area contributed by atoms with E-state index >= 15 is 0 Å². The number of guanidine groups is 1. The maximum absolute atomic E-state index is 12.7. The molecular formula is C25H44N4O7. The number of nitrogens with one attached hydrogen (secondary N) is 2. The summed E-state index contributed by atoms with van der Waals surface area (Å²) in [5.41, 5.74) is -1.61. The fraction of sp³-hybridized carbons (Fsp3) is 0.800. The van der Waals surface area contributed by atoms with Crippen LogP contribution >= 0.6 is 0 Å². The summed E-state index contributed by atoms with van der Waals surface area (Å²) in [5.74, 6) is -1.25. The van der Waals surface area contributed by atoms with Gasteiger partial charge in [-0.05, 0) is 53.9 Å². The molecule has 0 aliphatic carbocycles. The zero-order valence-electron chi connectivity index (χ0n) is 23.4.